The minimum absolute atomic E-state index is 0.0472. The highest BCUT2D eigenvalue weighted by molar-refractivity contribution is 7.15. The van der Waals surface area contributed by atoms with Crippen LogP contribution >= 0.6 is 11.3 Å². The maximum atomic E-state index is 12.9. The molecule has 2 atom stereocenters. The summed E-state index contributed by atoms with van der Waals surface area (Å²) in [5.74, 6) is -0.904. The fourth-order valence-electron chi connectivity index (χ4n) is 4.23. The number of aryl methyl sites for hydroxylation is 1. The lowest BCUT2D eigenvalue weighted by molar-refractivity contribution is -0.122. The Morgan fingerprint density at radius 1 is 1.14 bits per heavy atom. The van der Waals surface area contributed by atoms with Gasteiger partial charge < -0.3 is 5.32 Å². The summed E-state index contributed by atoms with van der Waals surface area (Å²) in [4.78, 5) is 39.7. The van der Waals surface area contributed by atoms with Gasteiger partial charge in [0, 0.05) is 18.9 Å². The van der Waals surface area contributed by atoms with Crippen molar-refractivity contribution in [2.24, 2.45) is 11.8 Å². The quantitative estimate of drug-likeness (QED) is 0.733. The van der Waals surface area contributed by atoms with Crippen molar-refractivity contribution in [3.05, 3.63) is 40.4 Å². The van der Waals surface area contributed by atoms with Gasteiger partial charge in [-0.15, -0.1) is 10.2 Å². The first-order chi connectivity index (χ1) is 14.1. The Morgan fingerprint density at radius 3 is 2.52 bits per heavy atom. The molecule has 2 heterocycles. The molecule has 1 aliphatic heterocycles. The molecular formula is C21H24N4O3S. The molecule has 1 aliphatic carbocycles. The number of rotatable bonds is 6. The third-order valence-electron chi connectivity index (χ3n) is 5.70. The predicted octanol–water partition coefficient (Wildman–Crippen LogP) is 3.53. The van der Waals surface area contributed by atoms with Crippen LogP contribution in [0.5, 0.6) is 0 Å². The Hall–Kier alpha value is -2.61. The van der Waals surface area contributed by atoms with Gasteiger partial charge in [-0.3, -0.25) is 19.3 Å². The molecular weight excluding hydrogens is 388 g/mol. The third kappa shape index (κ3) is 3.94. The van der Waals surface area contributed by atoms with Gasteiger partial charge >= 0.3 is 0 Å². The van der Waals surface area contributed by atoms with E-state index in [0.717, 1.165) is 43.5 Å². The van der Waals surface area contributed by atoms with Gasteiger partial charge in [0.05, 0.1) is 11.1 Å². The van der Waals surface area contributed by atoms with Crippen LogP contribution in [0.4, 0.5) is 5.13 Å². The molecule has 2 aromatic rings. The highest BCUT2D eigenvalue weighted by atomic mass is 32.1. The summed E-state index contributed by atoms with van der Waals surface area (Å²) < 4.78 is 0. The van der Waals surface area contributed by atoms with Crippen LogP contribution in [0, 0.1) is 11.8 Å². The molecule has 29 heavy (non-hydrogen) atoms. The van der Waals surface area contributed by atoms with Crippen LogP contribution in [0.1, 0.15) is 64.8 Å². The van der Waals surface area contributed by atoms with Gasteiger partial charge in [-0.25, -0.2) is 0 Å². The molecule has 1 saturated carbocycles. The van der Waals surface area contributed by atoms with Crippen molar-refractivity contribution < 1.29 is 14.4 Å². The van der Waals surface area contributed by atoms with Crippen molar-refractivity contribution >= 4 is 34.2 Å². The van der Waals surface area contributed by atoms with E-state index in [1.54, 1.807) is 24.3 Å². The molecule has 0 radical (unpaired) electrons. The van der Waals surface area contributed by atoms with Crippen molar-refractivity contribution in [3.8, 4) is 0 Å². The number of benzene rings is 1. The molecule has 1 aromatic heterocycles. The van der Waals surface area contributed by atoms with Gasteiger partial charge in [-0.05, 0) is 37.3 Å². The first-order valence-electron chi connectivity index (χ1n) is 10.2. The molecule has 7 nitrogen and oxygen atoms in total. The normalized spacial score (nSPS) is 21.3. The number of anilines is 1. The monoisotopic (exact) mass is 412 g/mol. The van der Waals surface area contributed by atoms with Crippen LogP contribution in [0.15, 0.2) is 24.3 Å². The summed E-state index contributed by atoms with van der Waals surface area (Å²) in [6.45, 7) is 2.35. The van der Waals surface area contributed by atoms with Crippen molar-refractivity contribution in [3.63, 3.8) is 0 Å². The van der Waals surface area contributed by atoms with E-state index in [0.29, 0.717) is 16.3 Å². The number of fused-ring (bicyclic) bond motifs is 1. The number of carbonyl (C=O) groups excluding carboxylic acids is 3. The second kappa shape index (κ2) is 8.41. The van der Waals surface area contributed by atoms with E-state index in [1.807, 2.05) is 0 Å². The smallest absolute Gasteiger partial charge is 0.261 e. The van der Waals surface area contributed by atoms with E-state index in [-0.39, 0.29) is 36.1 Å². The van der Waals surface area contributed by atoms with Crippen molar-refractivity contribution in [2.45, 2.75) is 45.4 Å². The van der Waals surface area contributed by atoms with Gasteiger partial charge in [0.25, 0.3) is 11.8 Å². The topological polar surface area (TPSA) is 92.3 Å². The fraction of sp³-hybridized carbons (Fsp3) is 0.476. The summed E-state index contributed by atoms with van der Waals surface area (Å²) >= 11 is 1.40. The first-order valence-corrected chi connectivity index (χ1v) is 11.0. The highest BCUT2D eigenvalue weighted by Crippen LogP contribution is 2.34. The molecule has 0 bridgehead atoms. The van der Waals surface area contributed by atoms with Gasteiger partial charge in [-0.1, -0.05) is 43.2 Å². The molecule has 0 saturated heterocycles. The van der Waals surface area contributed by atoms with E-state index in [2.05, 4.69) is 22.4 Å². The summed E-state index contributed by atoms with van der Waals surface area (Å²) in [6.07, 6.45) is 5.36. The molecule has 0 spiro atoms. The Morgan fingerprint density at radius 2 is 1.83 bits per heavy atom. The van der Waals surface area contributed by atoms with E-state index in [1.165, 1.54) is 16.2 Å². The fourth-order valence-corrected chi connectivity index (χ4v) is 5.07. The van der Waals surface area contributed by atoms with Crippen LogP contribution in [0.25, 0.3) is 0 Å². The Balaban J connectivity index is 1.46. The number of nitrogens with zero attached hydrogens (tertiary/aromatic N) is 3. The lowest BCUT2D eigenvalue weighted by Crippen LogP contribution is -2.41. The number of imide groups is 1. The summed E-state index contributed by atoms with van der Waals surface area (Å²) in [7, 11) is 0. The van der Waals surface area contributed by atoms with Crippen LogP contribution in [-0.4, -0.2) is 39.4 Å². The number of hydrogen-bond acceptors (Lipinski definition) is 6. The molecule has 4 rings (SSSR count). The number of amides is 3. The van der Waals surface area contributed by atoms with Crippen molar-refractivity contribution in [2.75, 3.05) is 11.9 Å². The van der Waals surface area contributed by atoms with Gasteiger partial charge in [0.15, 0.2) is 0 Å². The summed E-state index contributed by atoms with van der Waals surface area (Å²) in [6, 6.07) is 6.90. The second-order valence-corrected chi connectivity index (χ2v) is 8.72. The maximum Gasteiger partial charge on any atom is 0.261 e. The summed E-state index contributed by atoms with van der Waals surface area (Å²) in [5.41, 5.74) is 0.901. The molecule has 3 amide bonds. The lowest BCUT2D eigenvalue weighted by atomic mass is 9.78. The van der Waals surface area contributed by atoms with Crippen LogP contribution < -0.4 is 5.32 Å². The Kier molecular flexibility index (Phi) is 5.71. The second-order valence-electron chi connectivity index (χ2n) is 7.66. The number of nitrogens with one attached hydrogen (secondary N) is 1. The molecule has 1 N–H and O–H groups in total. The SMILES string of the molecule is CCCc1nnc(NC(=O)C2CCCCC2CN2C(=O)c3ccccc3C2=O)s1. The zero-order valence-corrected chi connectivity index (χ0v) is 17.2. The average molecular weight is 413 g/mol. The van der Waals surface area contributed by atoms with Crippen LogP contribution in [0.2, 0.25) is 0 Å². The molecule has 152 valence electrons. The number of aromatic nitrogens is 2. The molecule has 8 heteroatoms. The Bertz CT molecular complexity index is 907. The zero-order valence-electron chi connectivity index (χ0n) is 16.4. The standard InChI is InChI=1S/C21H24N4O3S/c1-2-7-17-23-24-21(29-17)22-18(26)14-9-4-3-8-13(14)12-25-19(27)15-10-5-6-11-16(15)20(25)28/h5-6,10-11,13-14H,2-4,7-9,12H2,1H3,(H,22,24,26). The lowest BCUT2D eigenvalue weighted by Gasteiger charge is -2.32. The number of hydrogen-bond donors (Lipinski definition) is 1. The molecule has 1 fully saturated rings. The van der Waals surface area contributed by atoms with Gasteiger partial charge in [-0.2, -0.15) is 0 Å². The van der Waals surface area contributed by atoms with E-state index < -0.39 is 0 Å². The van der Waals surface area contributed by atoms with Crippen molar-refractivity contribution in [1.29, 1.82) is 0 Å². The average Bonchev–Trinajstić information content (AvgIpc) is 3.27. The van der Waals surface area contributed by atoms with Crippen LogP contribution in [0.3, 0.4) is 0 Å². The molecule has 2 aliphatic rings. The largest absolute Gasteiger partial charge is 0.300 e. The van der Waals surface area contributed by atoms with Gasteiger partial charge in [0.2, 0.25) is 11.0 Å². The maximum absolute atomic E-state index is 12.9. The van der Waals surface area contributed by atoms with E-state index in [9.17, 15) is 14.4 Å². The van der Waals surface area contributed by atoms with Crippen molar-refractivity contribution in [1.82, 2.24) is 15.1 Å². The first kappa shape index (κ1) is 19.7. The molecule has 1 aromatic carbocycles. The highest BCUT2D eigenvalue weighted by Gasteiger charge is 2.40. The summed E-state index contributed by atoms with van der Waals surface area (Å²) in [5, 5.41) is 12.5. The van der Waals surface area contributed by atoms with E-state index >= 15 is 0 Å². The minimum atomic E-state index is -0.260. The Labute approximate surface area is 173 Å². The minimum Gasteiger partial charge on any atom is -0.300 e. The zero-order chi connectivity index (χ0) is 20.4. The predicted molar refractivity (Wildman–Crippen MR) is 110 cm³/mol. The van der Waals surface area contributed by atoms with Crippen LogP contribution in [-0.2, 0) is 11.2 Å². The van der Waals surface area contributed by atoms with Gasteiger partial charge in [0.1, 0.15) is 5.01 Å². The molecule has 2 unspecified atom stereocenters. The number of carbonyl (C=O) groups is 3. The van der Waals surface area contributed by atoms with E-state index in [4.69, 9.17) is 0 Å². The third-order valence-corrected chi connectivity index (χ3v) is 6.60.